The summed E-state index contributed by atoms with van der Waals surface area (Å²) in [6, 6.07) is 12.0. The van der Waals surface area contributed by atoms with Crippen molar-refractivity contribution in [3.05, 3.63) is 68.6 Å². The molecule has 14 heteroatoms. The lowest BCUT2D eigenvalue weighted by atomic mass is 9.96. The second kappa shape index (κ2) is 16.1. The highest BCUT2D eigenvalue weighted by Gasteiger charge is 2.22. The zero-order valence-electron chi connectivity index (χ0n) is 27.1. The van der Waals surface area contributed by atoms with Crippen LogP contribution in [0.1, 0.15) is 48.5 Å². The van der Waals surface area contributed by atoms with Crippen LogP contribution in [-0.4, -0.2) is 38.9 Å². The van der Waals surface area contributed by atoms with Crippen molar-refractivity contribution in [3.63, 3.8) is 0 Å². The lowest BCUT2D eigenvalue weighted by Crippen LogP contribution is -2.32. The molecule has 0 atom stereocenters. The van der Waals surface area contributed by atoms with Gasteiger partial charge in [-0.15, -0.1) is 11.3 Å². The summed E-state index contributed by atoms with van der Waals surface area (Å²) in [6.45, 7) is 16.3. The van der Waals surface area contributed by atoms with Gasteiger partial charge in [-0.25, -0.2) is 14.8 Å². The second-order valence-electron chi connectivity index (χ2n) is 11.7. The number of esters is 1. The van der Waals surface area contributed by atoms with Gasteiger partial charge in [-0.3, -0.25) is 19.0 Å². The van der Waals surface area contributed by atoms with Gasteiger partial charge in [-0.2, -0.15) is 5.26 Å². The Kier molecular flexibility index (Phi) is 13.0. The normalized spacial score (nSPS) is 12.1. The van der Waals surface area contributed by atoms with Crippen molar-refractivity contribution in [2.75, 3.05) is 28.3 Å². The number of nitrogens with zero attached hydrogens (tertiary/aromatic N) is 4. The molecule has 0 unspecified atom stereocenters. The maximum atomic E-state index is 12.8. The molecule has 244 valence electrons. The van der Waals surface area contributed by atoms with Crippen LogP contribution < -0.4 is 36.4 Å². The number of carbonyl (C=O) groups excluding carboxylic acids is 3. The standard InChI is InChI=1S/C22H25N5O4S.C10H15N3O/c1-6-11-31-20(29)14(12-23)19-27(7-2)18(28)15(32-19)13-24-16-9-8-10-17(25-16)26-21(30)22(3,4)5;1-10(2,3)9(14)13-8-6-4-5-7(11)12-8/h6,8-10,13H,1,7,11H2,2-5H3,(H2,24,25,26,30);4-6H,1-3H3,(H3,11,12,13,14). The van der Waals surface area contributed by atoms with Crippen LogP contribution in [0.2, 0.25) is 0 Å². The Labute approximate surface area is 271 Å². The van der Waals surface area contributed by atoms with E-state index in [0.717, 1.165) is 11.3 Å². The average molecular weight is 649 g/mol. The first kappa shape index (κ1) is 36.9. The van der Waals surface area contributed by atoms with Crippen LogP contribution in [0.5, 0.6) is 0 Å². The van der Waals surface area contributed by atoms with E-state index in [-0.39, 0.29) is 45.3 Å². The number of nitrogens with one attached hydrogen (secondary N) is 3. The molecule has 0 bridgehead atoms. The highest BCUT2D eigenvalue weighted by molar-refractivity contribution is 7.07. The van der Waals surface area contributed by atoms with Crippen molar-refractivity contribution < 1.29 is 19.1 Å². The molecule has 5 N–H and O–H groups in total. The molecule has 3 rings (SSSR count). The van der Waals surface area contributed by atoms with E-state index in [1.807, 2.05) is 26.8 Å². The summed E-state index contributed by atoms with van der Waals surface area (Å²) in [7, 11) is 0. The fourth-order valence-electron chi connectivity index (χ4n) is 3.23. The summed E-state index contributed by atoms with van der Waals surface area (Å²) in [5.74, 6) is 0.592. The van der Waals surface area contributed by atoms with Crippen LogP contribution in [0.4, 0.5) is 23.3 Å². The Morgan fingerprint density at radius 3 is 2.04 bits per heavy atom. The molecule has 3 aromatic heterocycles. The number of nitrogens with two attached hydrogens (primary N) is 1. The largest absolute Gasteiger partial charge is 0.457 e. The summed E-state index contributed by atoms with van der Waals surface area (Å²) < 4.78 is 6.77. The third kappa shape index (κ3) is 10.7. The number of hydrogen-bond donors (Lipinski definition) is 4. The molecule has 0 aliphatic heterocycles. The number of anilines is 4. The molecule has 0 saturated heterocycles. The number of nitriles is 1. The first-order valence-corrected chi connectivity index (χ1v) is 15.0. The van der Waals surface area contributed by atoms with E-state index in [9.17, 15) is 24.4 Å². The van der Waals surface area contributed by atoms with Crippen molar-refractivity contribution in [1.82, 2.24) is 14.5 Å². The van der Waals surface area contributed by atoms with E-state index in [1.165, 1.54) is 16.8 Å². The Balaban J connectivity index is 0.000000438. The van der Waals surface area contributed by atoms with Gasteiger partial charge in [-0.05, 0) is 31.2 Å². The third-order valence-electron chi connectivity index (χ3n) is 5.80. The minimum atomic E-state index is -0.820. The van der Waals surface area contributed by atoms with Crippen LogP contribution >= 0.6 is 11.3 Å². The molecule has 0 aromatic carbocycles. The lowest BCUT2D eigenvalue weighted by molar-refractivity contribution is -0.135. The van der Waals surface area contributed by atoms with E-state index in [4.69, 9.17) is 10.5 Å². The fourth-order valence-corrected chi connectivity index (χ4v) is 4.31. The van der Waals surface area contributed by atoms with Gasteiger partial charge in [0.15, 0.2) is 5.57 Å². The molecule has 46 heavy (non-hydrogen) atoms. The van der Waals surface area contributed by atoms with Crippen molar-refractivity contribution >= 4 is 64.2 Å². The predicted molar refractivity (Wildman–Crippen MR) is 181 cm³/mol. The number of thiazole rings is 1. The van der Waals surface area contributed by atoms with Gasteiger partial charge >= 0.3 is 5.97 Å². The van der Waals surface area contributed by atoms with E-state index in [2.05, 4.69) is 32.5 Å². The zero-order valence-corrected chi connectivity index (χ0v) is 27.9. The molecule has 0 aliphatic carbocycles. The van der Waals surface area contributed by atoms with Crippen LogP contribution in [-0.2, 0) is 25.7 Å². The summed E-state index contributed by atoms with van der Waals surface area (Å²) in [6.07, 6.45) is 2.84. The van der Waals surface area contributed by atoms with E-state index in [0.29, 0.717) is 23.3 Å². The molecule has 3 heterocycles. The third-order valence-corrected chi connectivity index (χ3v) is 6.93. The number of ether oxygens (including phenoxy) is 1. The molecule has 2 amide bonds. The molecule has 13 nitrogen and oxygen atoms in total. The first-order valence-electron chi connectivity index (χ1n) is 14.2. The molecular formula is C32H40N8O5S. The van der Waals surface area contributed by atoms with Crippen LogP contribution in [0.25, 0.3) is 11.8 Å². The molecular weight excluding hydrogens is 608 g/mol. The molecule has 0 fully saturated rings. The molecule has 3 aromatic rings. The SMILES string of the molecule is C=CCOC(=O)C(C#N)=c1sc(=CNc2cccc(NC(=O)C(C)(C)C)n2)c(=O)n1CC.CC(C)(C)C(=O)Nc1cccc(N)n1. The van der Waals surface area contributed by atoms with Crippen LogP contribution in [0.15, 0.2) is 53.8 Å². The van der Waals surface area contributed by atoms with E-state index in [1.54, 1.807) is 64.1 Å². The van der Waals surface area contributed by atoms with Crippen LogP contribution in [0.3, 0.4) is 0 Å². The quantitative estimate of drug-likeness (QED) is 0.208. The summed E-state index contributed by atoms with van der Waals surface area (Å²) >= 11 is 0.991. The maximum Gasteiger partial charge on any atom is 0.352 e. The monoisotopic (exact) mass is 648 g/mol. The number of aromatic nitrogens is 3. The minimum absolute atomic E-state index is 0.0416. The summed E-state index contributed by atoms with van der Waals surface area (Å²) in [5, 5.41) is 17.8. The minimum Gasteiger partial charge on any atom is -0.457 e. The second-order valence-corrected chi connectivity index (χ2v) is 12.8. The molecule has 0 radical (unpaired) electrons. The van der Waals surface area contributed by atoms with Crippen molar-refractivity contribution in [3.8, 4) is 6.07 Å². The first-order chi connectivity index (χ1) is 21.5. The van der Waals surface area contributed by atoms with Crippen molar-refractivity contribution in [2.24, 2.45) is 10.8 Å². The van der Waals surface area contributed by atoms with E-state index < -0.39 is 16.8 Å². The topological polar surface area (TPSA) is 194 Å². The number of carbonyl (C=O) groups is 3. The molecule has 0 aliphatic rings. The van der Waals surface area contributed by atoms with Gasteiger partial charge in [0.05, 0.1) is 0 Å². The smallest absolute Gasteiger partial charge is 0.352 e. The average Bonchev–Trinajstić information content (AvgIpc) is 3.29. The van der Waals surface area contributed by atoms with Gasteiger partial charge in [0, 0.05) is 23.6 Å². The fraction of sp³-hybridized carbons (Fsp3) is 0.344. The van der Waals surface area contributed by atoms with Gasteiger partial charge in [0.25, 0.3) is 5.56 Å². The number of pyridine rings is 2. The highest BCUT2D eigenvalue weighted by Crippen LogP contribution is 2.18. The number of amides is 2. The van der Waals surface area contributed by atoms with E-state index >= 15 is 0 Å². The number of rotatable bonds is 8. The van der Waals surface area contributed by atoms with Crippen molar-refractivity contribution in [1.29, 1.82) is 5.26 Å². The zero-order chi connectivity index (χ0) is 34.7. The Morgan fingerprint density at radius 1 is 1.00 bits per heavy atom. The Bertz CT molecular complexity index is 1810. The number of nitrogen functional groups attached to an aromatic ring is 1. The highest BCUT2D eigenvalue weighted by atomic mass is 32.1. The Hall–Kier alpha value is -5.29. The van der Waals surface area contributed by atoms with Crippen molar-refractivity contribution in [2.45, 2.75) is 55.0 Å². The van der Waals surface area contributed by atoms with Gasteiger partial charge in [-0.1, -0.05) is 66.3 Å². The Morgan fingerprint density at radius 2 is 1.54 bits per heavy atom. The van der Waals surface area contributed by atoms with Gasteiger partial charge < -0.3 is 26.4 Å². The summed E-state index contributed by atoms with van der Waals surface area (Å²) in [5.41, 5.74) is 3.88. The summed E-state index contributed by atoms with van der Waals surface area (Å²) in [4.78, 5) is 56.9. The maximum absolute atomic E-state index is 12.8. The number of hydrogen-bond acceptors (Lipinski definition) is 11. The molecule has 0 spiro atoms. The lowest BCUT2D eigenvalue weighted by Gasteiger charge is -2.17. The predicted octanol–water partition coefficient (Wildman–Crippen LogP) is 3.21. The van der Waals surface area contributed by atoms with Crippen LogP contribution in [0, 0.1) is 22.2 Å². The van der Waals surface area contributed by atoms with Gasteiger partial charge in [0.2, 0.25) is 11.8 Å². The molecule has 0 saturated carbocycles. The van der Waals surface area contributed by atoms with Gasteiger partial charge in [0.1, 0.15) is 45.1 Å².